The van der Waals surface area contributed by atoms with E-state index in [1.54, 1.807) is 12.2 Å². The molecule has 0 bridgehead atoms. The lowest BCUT2D eigenvalue weighted by Crippen LogP contribution is -2.08. The molecule has 0 spiro atoms. The zero-order chi connectivity index (χ0) is 16.7. The van der Waals surface area contributed by atoms with Crippen LogP contribution in [0.25, 0.3) is 0 Å². The number of esters is 1. The smallest absolute Gasteiger partial charge is 0.333 e. The van der Waals surface area contributed by atoms with Crippen LogP contribution in [0.2, 0.25) is 0 Å². The molecule has 0 unspecified atom stereocenters. The molecular formula is C16H24O5. The summed E-state index contributed by atoms with van der Waals surface area (Å²) in [5.41, 5.74) is 1.65. The van der Waals surface area contributed by atoms with Crippen molar-refractivity contribution in [3.05, 3.63) is 49.1 Å². The Labute approximate surface area is 126 Å². The van der Waals surface area contributed by atoms with E-state index in [0.29, 0.717) is 31.6 Å². The van der Waals surface area contributed by atoms with E-state index < -0.39 is 5.97 Å². The molecule has 0 aliphatic carbocycles. The molecule has 0 aromatic carbocycles. The molecule has 0 atom stereocenters. The van der Waals surface area contributed by atoms with E-state index in [1.165, 1.54) is 7.11 Å². The maximum atomic E-state index is 11.4. The van der Waals surface area contributed by atoms with E-state index in [-0.39, 0.29) is 5.97 Å². The summed E-state index contributed by atoms with van der Waals surface area (Å²) in [6, 6.07) is 0. The van der Waals surface area contributed by atoms with Crippen LogP contribution in [0.4, 0.5) is 0 Å². The predicted octanol–water partition coefficient (Wildman–Crippen LogP) is 2.90. The van der Waals surface area contributed by atoms with Gasteiger partial charge in [-0.2, -0.15) is 0 Å². The Kier molecular flexibility index (Phi) is 14.4. The maximum absolute atomic E-state index is 11.4. The zero-order valence-electron chi connectivity index (χ0n) is 12.8. The van der Waals surface area contributed by atoms with Crippen molar-refractivity contribution in [2.24, 2.45) is 0 Å². The maximum Gasteiger partial charge on any atom is 0.333 e. The molecule has 0 amide bonds. The van der Waals surface area contributed by atoms with Crippen LogP contribution in [0.15, 0.2) is 49.1 Å². The second-order valence-corrected chi connectivity index (χ2v) is 3.90. The van der Waals surface area contributed by atoms with Crippen molar-refractivity contribution >= 4 is 11.9 Å². The van der Waals surface area contributed by atoms with Crippen molar-refractivity contribution in [2.75, 3.05) is 20.3 Å². The first-order valence-corrected chi connectivity index (χ1v) is 6.36. The summed E-state index contributed by atoms with van der Waals surface area (Å²) in [6.45, 7) is 13.2. The number of aliphatic carboxylic acids is 1. The van der Waals surface area contributed by atoms with Crippen LogP contribution in [-0.2, 0) is 19.1 Å². The topological polar surface area (TPSA) is 72.8 Å². The Bertz CT molecular complexity index is 393. The number of allylic oxidation sites excluding steroid dienone is 1. The molecule has 0 fully saturated rings. The lowest BCUT2D eigenvalue weighted by atomic mass is 10.0. The molecule has 0 saturated carbocycles. The summed E-state index contributed by atoms with van der Waals surface area (Å²) in [5.74, 6) is -1.27. The number of rotatable bonds is 9. The highest BCUT2D eigenvalue weighted by atomic mass is 16.5. The van der Waals surface area contributed by atoms with Gasteiger partial charge in [-0.1, -0.05) is 24.3 Å². The molecule has 5 heteroatoms. The molecule has 0 heterocycles. The number of hydrogen-bond donors (Lipinski definition) is 1. The third kappa shape index (κ3) is 12.6. The SMILES string of the molecule is C=CC(=O)O.C=CCOCCC(C)=C(CC=C)C(=O)OC. The highest BCUT2D eigenvalue weighted by molar-refractivity contribution is 5.89. The van der Waals surface area contributed by atoms with Crippen molar-refractivity contribution in [1.82, 2.24) is 0 Å². The van der Waals surface area contributed by atoms with E-state index in [0.717, 1.165) is 11.6 Å². The Morgan fingerprint density at radius 2 is 1.76 bits per heavy atom. The van der Waals surface area contributed by atoms with Crippen LogP contribution in [-0.4, -0.2) is 37.4 Å². The summed E-state index contributed by atoms with van der Waals surface area (Å²) in [5, 5.41) is 7.60. The molecule has 21 heavy (non-hydrogen) atoms. The van der Waals surface area contributed by atoms with Crippen molar-refractivity contribution < 1.29 is 24.2 Å². The normalized spacial score (nSPS) is 10.4. The fraction of sp³-hybridized carbons (Fsp3) is 0.375. The quantitative estimate of drug-likeness (QED) is 0.306. The first-order chi connectivity index (χ1) is 9.94. The standard InChI is InChI=1S/C13H20O3.C3H4O2/c1-5-7-12(13(14)15-4)11(3)8-10-16-9-6-2;1-2-3(4)5/h5-6H,1-2,7-10H2,3-4H3;2H,1H2,(H,4,5). The van der Waals surface area contributed by atoms with Crippen molar-refractivity contribution in [1.29, 1.82) is 0 Å². The summed E-state index contributed by atoms with van der Waals surface area (Å²) >= 11 is 0. The van der Waals surface area contributed by atoms with Crippen molar-refractivity contribution in [2.45, 2.75) is 19.8 Å². The number of carbonyl (C=O) groups excluding carboxylic acids is 1. The number of hydrogen-bond acceptors (Lipinski definition) is 4. The van der Waals surface area contributed by atoms with E-state index in [4.69, 9.17) is 14.6 Å². The van der Waals surface area contributed by atoms with Crippen LogP contribution in [0.3, 0.4) is 0 Å². The van der Waals surface area contributed by atoms with E-state index in [2.05, 4.69) is 19.7 Å². The van der Waals surface area contributed by atoms with Gasteiger partial charge >= 0.3 is 11.9 Å². The van der Waals surface area contributed by atoms with Gasteiger partial charge in [0.05, 0.1) is 20.3 Å². The van der Waals surface area contributed by atoms with Gasteiger partial charge in [0, 0.05) is 11.6 Å². The first kappa shape index (κ1) is 21.2. The molecule has 0 saturated heterocycles. The Morgan fingerprint density at radius 1 is 1.19 bits per heavy atom. The van der Waals surface area contributed by atoms with Gasteiger partial charge in [0.2, 0.25) is 0 Å². The van der Waals surface area contributed by atoms with E-state index in [9.17, 15) is 9.59 Å². The molecular weight excluding hydrogens is 272 g/mol. The molecule has 5 nitrogen and oxygen atoms in total. The van der Waals surface area contributed by atoms with Gasteiger partial charge in [-0.05, 0) is 19.8 Å². The molecule has 1 N–H and O–H groups in total. The third-order valence-electron chi connectivity index (χ3n) is 2.33. The van der Waals surface area contributed by atoms with Crippen molar-refractivity contribution in [3.63, 3.8) is 0 Å². The summed E-state index contributed by atoms with van der Waals surface area (Å²) in [4.78, 5) is 20.7. The molecule has 0 aromatic rings. The molecule has 0 aliphatic heterocycles. The van der Waals surface area contributed by atoms with Gasteiger partial charge < -0.3 is 14.6 Å². The average Bonchev–Trinajstić information content (AvgIpc) is 2.48. The summed E-state index contributed by atoms with van der Waals surface area (Å²) in [6.07, 6.45) is 5.47. The van der Waals surface area contributed by atoms with Crippen LogP contribution in [0, 0.1) is 0 Å². The molecule has 0 aromatic heterocycles. The summed E-state index contributed by atoms with van der Waals surface area (Å²) < 4.78 is 9.98. The monoisotopic (exact) mass is 296 g/mol. The highest BCUT2D eigenvalue weighted by Gasteiger charge is 2.11. The largest absolute Gasteiger partial charge is 0.478 e. The molecule has 0 radical (unpaired) electrons. The lowest BCUT2D eigenvalue weighted by molar-refractivity contribution is -0.136. The number of ether oxygens (including phenoxy) is 2. The molecule has 118 valence electrons. The molecule has 0 rings (SSSR count). The minimum absolute atomic E-state index is 0.291. The van der Waals surface area contributed by atoms with Crippen LogP contribution in [0.5, 0.6) is 0 Å². The van der Waals surface area contributed by atoms with Gasteiger partial charge in [-0.3, -0.25) is 0 Å². The number of carboxylic acids is 1. The first-order valence-electron chi connectivity index (χ1n) is 6.36. The number of carboxylic acid groups (broad SMARTS) is 1. The fourth-order valence-corrected chi connectivity index (χ4v) is 1.24. The van der Waals surface area contributed by atoms with Gasteiger partial charge in [0.1, 0.15) is 0 Å². The second-order valence-electron chi connectivity index (χ2n) is 3.90. The second kappa shape index (κ2) is 14.3. The van der Waals surface area contributed by atoms with E-state index in [1.807, 2.05) is 6.92 Å². The fourth-order valence-electron chi connectivity index (χ4n) is 1.24. The Hall–Kier alpha value is -2.14. The zero-order valence-corrected chi connectivity index (χ0v) is 12.8. The Morgan fingerprint density at radius 3 is 2.14 bits per heavy atom. The number of methoxy groups -OCH3 is 1. The molecule has 0 aliphatic rings. The lowest BCUT2D eigenvalue weighted by Gasteiger charge is -2.08. The van der Waals surface area contributed by atoms with Gasteiger partial charge in [0.25, 0.3) is 0 Å². The van der Waals surface area contributed by atoms with E-state index >= 15 is 0 Å². The summed E-state index contributed by atoms with van der Waals surface area (Å²) in [7, 11) is 1.38. The minimum atomic E-state index is -0.981. The third-order valence-corrected chi connectivity index (χ3v) is 2.33. The van der Waals surface area contributed by atoms with Crippen LogP contribution in [0.1, 0.15) is 19.8 Å². The Balaban J connectivity index is 0. The van der Waals surface area contributed by atoms with Crippen LogP contribution >= 0.6 is 0 Å². The van der Waals surface area contributed by atoms with Crippen molar-refractivity contribution in [3.8, 4) is 0 Å². The van der Waals surface area contributed by atoms with Gasteiger partial charge in [-0.25, -0.2) is 9.59 Å². The van der Waals surface area contributed by atoms with Gasteiger partial charge in [0.15, 0.2) is 0 Å². The van der Waals surface area contributed by atoms with Crippen LogP contribution < -0.4 is 0 Å². The predicted molar refractivity (Wildman–Crippen MR) is 83.0 cm³/mol. The number of carbonyl (C=O) groups is 2. The highest BCUT2D eigenvalue weighted by Crippen LogP contribution is 2.14. The average molecular weight is 296 g/mol. The minimum Gasteiger partial charge on any atom is -0.478 e. The van der Waals surface area contributed by atoms with Gasteiger partial charge in [-0.15, -0.1) is 13.2 Å².